The van der Waals surface area contributed by atoms with Crippen LogP contribution in [0, 0.1) is 5.82 Å². The Labute approximate surface area is 229 Å². The fraction of sp³-hybridized carbons (Fsp3) is 0.148. The van der Waals surface area contributed by atoms with Crippen LogP contribution in [0.25, 0.3) is 6.08 Å². The second-order valence-electron chi connectivity index (χ2n) is 8.17. The minimum atomic E-state index is -0.674. The second kappa shape index (κ2) is 11.7. The van der Waals surface area contributed by atoms with Gasteiger partial charge < -0.3 is 15.4 Å². The standard InChI is InChI=1S/C27H22Br2FN3O4/c1-2-18-5-3-4-6-22(18)31-24(34)14-33-26(35)23(32-27(33)36)13-17-11-20(28)25(21(29)12-17)37-15-16-7-9-19(30)10-8-16/h3-13H,2,14-15H2,1H3,(H,31,34)(H,32,36)/b23-13+. The largest absolute Gasteiger partial charge is 0.487 e. The summed E-state index contributed by atoms with van der Waals surface area (Å²) >= 11 is 6.93. The average Bonchev–Trinajstić information content (AvgIpc) is 3.12. The van der Waals surface area contributed by atoms with Gasteiger partial charge in [0.15, 0.2) is 0 Å². The number of nitrogens with one attached hydrogen (secondary N) is 2. The van der Waals surface area contributed by atoms with Crippen molar-refractivity contribution in [1.29, 1.82) is 0 Å². The van der Waals surface area contributed by atoms with Crippen LogP contribution in [-0.2, 0) is 22.6 Å². The van der Waals surface area contributed by atoms with Crippen molar-refractivity contribution in [2.24, 2.45) is 0 Å². The van der Waals surface area contributed by atoms with Crippen LogP contribution in [0.5, 0.6) is 5.75 Å². The predicted octanol–water partition coefficient (Wildman–Crippen LogP) is 6.02. The molecule has 37 heavy (non-hydrogen) atoms. The predicted molar refractivity (Wildman–Crippen MR) is 145 cm³/mol. The van der Waals surface area contributed by atoms with Crippen molar-refractivity contribution >= 4 is 61.5 Å². The molecule has 2 N–H and O–H groups in total. The van der Waals surface area contributed by atoms with Crippen LogP contribution in [0.2, 0.25) is 0 Å². The van der Waals surface area contributed by atoms with Gasteiger partial charge in [-0.25, -0.2) is 14.1 Å². The van der Waals surface area contributed by atoms with Gasteiger partial charge in [0.05, 0.1) is 8.95 Å². The van der Waals surface area contributed by atoms with Crippen LogP contribution in [0.4, 0.5) is 14.9 Å². The number of ether oxygens (including phenoxy) is 1. The monoisotopic (exact) mass is 629 g/mol. The van der Waals surface area contributed by atoms with Crippen molar-refractivity contribution in [2.45, 2.75) is 20.0 Å². The number of aryl methyl sites for hydroxylation is 1. The Morgan fingerprint density at radius 1 is 1.08 bits per heavy atom. The number of imide groups is 1. The number of rotatable bonds is 8. The molecular formula is C27H22Br2FN3O4. The number of amides is 4. The number of halogens is 3. The van der Waals surface area contributed by atoms with Gasteiger partial charge in [-0.2, -0.15) is 0 Å². The van der Waals surface area contributed by atoms with Gasteiger partial charge in [-0.05, 0) is 91.4 Å². The van der Waals surface area contributed by atoms with Crippen molar-refractivity contribution in [1.82, 2.24) is 10.2 Å². The summed E-state index contributed by atoms with van der Waals surface area (Å²) in [5.41, 5.74) is 3.06. The number of nitrogens with zero attached hydrogens (tertiary/aromatic N) is 1. The SMILES string of the molecule is CCc1ccccc1NC(=O)CN1C(=O)N/C(=C/c2cc(Br)c(OCc3ccc(F)cc3)c(Br)c2)C1=O. The number of benzene rings is 3. The van der Waals surface area contributed by atoms with Crippen molar-refractivity contribution in [3.8, 4) is 5.75 Å². The summed E-state index contributed by atoms with van der Waals surface area (Å²) in [6.45, 7) is 1.79. The van der Waals surface area contributed by atoms with E-state index < -0.39 is 24.4 Å². The number of hydrogen-bond acceptors (Lipinski definition) is 4. The van der Waals surface area contributed by atoms with Crippen molar-refractivity contribution in [3.63, 3.8) is 0 Å². The molecule has 0 aromatic heterocycles. The van der Waals surface area contributed by atoms with E-state index in [1.807, 2.05) is 19.1 Å². The molecule has 3 aromatic carbocycles. The first-order valence-electron chi connectivity index (χ1n) is 11.3. The Balaban J connectivity index is 1.44. The third-order valence-electron chi connectivity index (χ3n) is 5.56. The average molecular weight is 631 g/mol. The molecule has 0 unspecified atom stereocenters. The topological polar surface area (TPSA) is 87.7 Å². The van der Waals surface area contributed by atoms with Gasteiger partial charge in [0.1, 0.15) is 30.4 Å². The van der Waals surface area contributed by atoms with Crippen molar-refractivity contribution in [3.05, 3.63) is 97.8 Å². The van der Waals surface area contributed by atoms with Gasteiger partial charge >= 0.3 is 6.03 Å². The summed E-state index contributed by atoms with van der Waals surface area (Å²) in [7, 11) is 0. The van der Waals surface area contributed by atoms with E-state index in [2.05, 4.69) is 42.5 Å². The summed E-state index contributed by atoms with van der Waals surface area (Å²) in [5.74, 6) is -0.872. The maximum Gasteiger partial charge on any atom is 0.329 e. The van der Waals surface area contributed by atoms with E-state index in [9.17, 15) is 18.8 Å². The van der Waals surface area contributed by atoms with Gasteiger partial charge in [-0.3, -0.25) is 9.59 Å². The summed E-state index contributed by atoms with van der Waals surface area (Å²) in [4.78, 5) is 38.7. The normalized spacial score (nSPS) is 14.2. The molecule has 1 aliphatic rings. The highest BCUT2D eigenvalue weighted by Crippen LogP contribution is 2.36. The lowest BCUT2D eigenvalue weighted by Gasteiger charge is -2.13. The Morgan fingerprint density at radius 2 is 1.76 bits per heavy atom. The van der Waals surface area contributed by atoms with Gasteiger partial charge in [0.2, 0.25) is 5.91 Å². The summed E-state index contributed by atoms with van der Waals surface area (Å²) in [6, 6.07) is 16.1. The summed E-state index contributed by atoms with van der Waals surface area (Å²) in [5, 5.41) is 5.29. The molecule has 190 valence electrons. The van der Waals surface area contributed by atoms with Gasteiger partial charge in [-0.1, -0.05) is 37.3 Å². The lowest BCUT2D eigenvalue weighted by atomic mass is 10.1. The molecule has 1 aliphatic heterocycles. The number of carbonyl (C=O) groups excluding carboxylic acids is 3. The molecule has 0 atom stereocenters. The molecule has 1 saturated heterocycles. The number of anilines is 1. The van der Waals surface area contributed by atoms with E-state index in [-0.39, 0.29) is 18.1 Å². The maximum absolute atomic E-state index is 13.1. The van der Waals surface area contributed by atoms with Crippen LogP contribution in [0.15, 0.2) is 75.3 Å². The lowest BCUT2D eigenvalue weighted by Crippen LogP contribution is -2.38. The van der Waals surface area contributed by atoms with Gasteiger partial charge in [0.25, 0.3) is 5.91 Å². The molecule has 7 nitrogen and oxygen atoms in total. The third-order valence-corrected chi connectivity index (χ3v) is 6.74. The zero-order chi connectivity index (χ0) is 26.5. The highest BCUT2D eigenvalue weighted by Gasteiger charge is 2.35. The Hall–Kier alpha value is -3.50. The highest BCUT2D eigenvalue weighted by molar-refractivity contribution is 9.11. The third kappa shape index (κ3) is 6.44. The van der Waals surface area contributed by atoms with E-state index in [1.54, 1.807) is 36.4 Å². The highest BCUT2D eigenvalue weighted by atomic mass is 79.9. The quantitative estimate of drug-likeness (QED) is 0.235. The molecule has 3 aromatic rings. The van der Waals surface area contributed by atoms with Crippen LogP contribution < -0.4 is 15.4 Å². The van der Waals surface area contributed by atoms with Crippen LogP contribution in [-0.4, -0.2) is 29.3 Å². The Bertz CT molecular complexity index is 1370. The van der Waals surface area contributed by atoms with Crippen LogP contribution in [0.3, 0.4) is 0 Å². The molecule has 0 saturated carbocycles. The molecule has 1 heterocycles. The molecule has 0 aliphatic carbocycles. The first-order chi connectivity index (χ1) is 17.7. The zero-order valence-electron chi connectivity index (χ0n) is 19.7. The summed E-state index contributed by atoms with van der Waals surface area (Å²) in [6.07, 6.45) is 2.25. The molecule has 0 bridgehead atoms. The minimum Gasteiger partial charge on any atom is -0.487 e. The van der Waals surface area contributed by atoms with Crippen LogP contribution in [0.1, 0.15) is 23.6 Å². The Morgan fingerprint density at radius 3 is 2.43 bits per heavy atom. The second-order valence-corrected chi connectivity index (χ2v) is 9.88. The smallest absolute Gasteiger partial charge is 0.329 e. The van der Waals surface area contributed by atoms with Crippen LogP contribution >= 0.6 is 31.9 Å². The maximum atomic E-state index is 13.1. The molecule has 10 heteroatoms. The molecule has 4 amide bonds. The van der Waals surface area contributed by atoms with Gasteiger partial charge in [-0.15, -0.1) is 0 Å². The summed E-state index contributed by atoms with van der Waals surface area (Å²) < 4.78 is 20.2. The first-order valence-corrected chi connectivity index (χ1v) is 12.9. The number of hydrogen-bond donors (Lipinski definition) is 2. The van der Waals surface area contributed by atoms with E-state index in [0.29, 0.717) is 25.9 Å². The molecule has 0 radical (unpaired) electrons. The van der Waals surface area contributed by atoms with E-state index in [4.69, 9.17) is 4.74 Å². The molecule has 4 rings (SSSR count). The fourth-order valence-electron chi connectivity index (χ4n) is 3.70. The van der Waals surface area contributed by atoms with E-state index >= 15 is 0 Å². The molecule has 1 fully saturated rings. The van der Waals surface area contributed by atoms with Crippen molar-refractivity contribution in [2.75, 3.05) is 11.9 Å². The fourth-order valence-corrected chi connectivity index (χ4v) is 5.15. The molecular weight excluding hydrogens is 609 g/mol. The van der Waals surface area contributed by atoms with Gasteiger partial charge in [0, 0.05) is 5.69 Å². The number of carbonyl (C=O) groups is 3. The van der Waals surface area contributed by atoms with E-state index in [1.165, 1.54) is 18.2 Å². The lowest BCUT2D eigenvalue weighted by molar-refractivity contribution is -0.127. The minimum absolute atomic E-state index is 0.0468. The van der Waals surface area contributed by atoms with E-state index in [0.717, 1.165) is 22.4 Å². The zero-order valence-corrected chi connectivity index (χ0v) is 22.9. The first kappa shape index (κ1) is 26.6. The number of para-hydroxylation sites is 1. The number of urea groups is 1. The van der Waals surface area contributed by atoms with Crippen molar-refractivity contribution < 1.29 is 23.5 Å². The Kier molecular flexibility index (Phi) is 8.40. The molecule has 0 spiro atoms.